The Bertz CT molecular complexity index is 1740. The number of aromatic nitrogens is 1. The number of nitrogens with one attached hydrogen (secondary N) is 3. The van der Waals surface area contributed by atoms with E-state index in [0.717, 1.165) is 6.07 Å². The molecule has 0 fully saturated rings. The smallest absolute Gasteiger partial charge is 0.264 e. The van der Waals surface area contributed by atoms with Crippen LogP contribution in [-0.2, 0) is 20.0 Å². The topological polar surface area (TPSA) is 147 Å². The van der Waals surface area contributed by atoms with Crippen molar-refractivity contribution >= 4 is 43.2 Å². The first-order valence-electron chi connectivity index (χ1n) is 10.8. The molecule has 0 spiro atoms. The van der Waals surface area contributed by atoms with Crippen molar-refractivity contribution in [2.45, 2.75) is 23.6 Å². The van der Waals surface area contributed by atoms with Gasteiger partial charge in [-0.1, -0.05) is 11.2 Å². The number of carbonyl (C=O) groups excluding carboxylic acids is 1. The van der Waals surface area contributed by atoms with Gasteiger partial charge in [-0.15, -0.1) is 0 Å². The minimum absolute atomic E-state index is 0.0000486. The lowest BCUT2D eigenvalue weighted by molar-refractivity contribution is 0.102. The minimum atomic E-state index is -4.26. The van der Waals surface area contributed by atoms with Crippen molar-refractivity contribution in [2.24, 2.45) is 0 Å². The van der Waals surface area contributed by atoms with Crippen molar-refractivity contribution in [1.82, 2.24) is 5.16 Å². The summed E-state index contributed by atoms with van der Waals surface area (Å²) in [6.45, 7) is 3.33. The van der Waals surface area contributed by atoms with Gasteiger partial charge in [-0.2, -0.15) is 0 Å². The van der Waals surface area contributed by atoms with Crippen LogP contribution in [0.3, 0.4) is 0 Å². The molecule has 10 nitrogen and oxygen atoms in total. The number of rotatable bonds is 8. The van der Waals surface area contributed by atoms with Crippen molar-refractivity contribution in [3.8, 4) is 0 Å². The lowest BCUT2D eigenvalue weighted by atomic mass is 10.2. The minimum Gasteiger partial charge on any atom is -0.337 e. The molecular weight excluding hydrogens is 542 g/mol. The van der Waals surface area contributed by atoms with Gasteiger partial charge in [0, 0.05) is 22.5 Å². The van der Waals surface area contributed by atoms with Crippen LogP contribution in [0.2, 0.25) is 0 Å². The summed E-state index contributed by atoms with van der Waals surface area (Å²) in [5.41, 5.74) is 1.44. The Hall–Kier alpha value is -4.30. The maximum absolute atomic E-state index is 13.5. The van der Waals surface area contributed by atoms with Gasteiger partial charge in [0.05, 0.1) is 15.5 Å². The fourth-order valence-corrected chi connectivity index (χ4v) is 5.30. The molecule has 0 saturated heterocycles. The third kappa shape index (κ3) is 5.81. The van der Waals surface area contributed by atoms with Gasteiger partial charge in [-0.25, -0.2) is 30.3 Å². The summed E-state index contributed by atoms with van der Waals surface area (Å²) >= 11 is 0. The van der Waals surface area contributed by atoms with E-state index in [4.69, 9.17) is 4.52 Å². The van der Waals surface area contributed by atoms with E-state index in [1.807, 2.05) is 0 Å². The third-order valence-electron chi connectivity index (χ3n) is 5.39. The van der Waals surface area contributed by atoms with Crippen molar-refractivity contribution in [3.05, 3.63) is 95.2 Å². The quantitative estimate of drug-likeness (QED) is 0.288. The van der Waals surface area contributed by atoms with Crippen LogP contribution in [0.25, 0.3) is 0 Å². The molecule has 0 aliphatic heterocycles. The molecule has 1 aromatic heterocycles. The van der Waals surface area contributed by atoms with Crippen LogP contribution in [0.4, 0.5) is 26.0 Å². The van der Waals surface area contributed by atoms with Crippen LogP contribution in [0.1, 0.15) is 21.6 Å². The maximum atomic E-state index is 13.5. The molecule has 38 heavy (non-hydrogen) atoms. The molecule has 0 aliphatic rings. The number of sulfonamides is 2. The first-order valence-corrected chi connectivity index (χ1v) is 13.8. The van der Waals surface area contributed by atoms with Crippen LogP contribution < -0.4 is 14.8 Å². The van der Waals surface area contributed by atoms with E-state index < -0.39 is 42.5 Å². The molecule has 1 heterocycles. The zero-order chi connectivity index (χ0) is 27.7. The number of benzene rings is 3. The van der Waals surface area contributed by atoms with Gasteiger partial charge in [0.2, 0.25) is 5.88 Å². The van der Waals surface area contributed by atoms with Gasteiger partial charge in [0.1, 0.15) is 0 Å². The lowest BCUT2D eigenvalue weighted by Gasteiger charge is -2.11. The molecule has 198 valence electrons. The Morgan fingerprint density at radius 3 is 2.08 bits per heavy atom. The molecule has 0 atom stereocenters. The number of carbonyl (C=O) groups is 1. The average Bonchev–Trinajstić information content (AvgIpc) is 3.17. The highest BCUT2D eigenvalue weighted by molar-refractivity contribution is 7.93. The van der Waals surface area contributed by atoms with Gasteiger partial charge < -0.3 is 9.84 Å². The second kappa shape index (κ2) is 10.2. The Balaban J connectivity index is 1.46. The summed E-state index contributed by atoms with van der Waals surface area (Å²) < 4.78 is 86.4. The number of amides is 1. The molecule has 4 aromatic rings. The van der Waals surface area contributed by atoms with Gasteiger partial charge in [0.25, 0.3) is 26.0 Å². The van der Waals surface area contributed by atoms with Crippen LogP contribution in [0.5, 0.6) is 0 Å². The van der Waals surface area contributed by atoms with Crippen LogP contribution in [0.15, 0.2) is 81.0 Å². The summed E-state index contributed by atoms with van der Waals surface area (Å²) in [6, 6.07) is 12.9. The SMILES string of the molecule is Cc1noc(NS(=O)(=O)c2ccc(NC(=O)c3cccc(NS(=O)(=O)c4ccc(F)c(F)c4)c3)cc2)c1C. The molecular formula is C24H20F2N4O6S2. The normalized spacial score (nSPS) is 11.7. The molecule has 14 heteroatoms. The predicted molar refractivity (Wildman–Crippen MR) is 135 cm³/mol. The monoisotopic (exact) mass is 562 g/mol. The van der Waals surface area contributed by atoms with Gasteiger partial charge >= 0.3 is 0 Å². The second-order valence-corrected chi connectivity index (χ2v) is 11.4. The Labute approximate surface area is 216 Å². The number of anilines is 3. The summed E-state index contributed by atoms with van der Waals surface area (Å²) in [6.07, 6.45) is 0. The number of nitrogens with zero attached hydrogens (tertiary/aromatic N) is 1. The van der Waals surface area contributed by atoms with Crippen molar-refractivity contribution < 1.29 is 34.9 Å². The summed E-state index contributed by atoms with van der Waals surface area (Å²) in [7, 11) is -8.24. The Morgan fingerprint density at radius 2 is 1.45 bits per heavy atom. The molecule has 0 radical (unpaired) electrons. The first kappa shape index (κ1) is 26.8. The standard InChI is InChI=1S/C24H20F2N4O6S2/c1-14-15(2)28-36-24(14)30-37(32,33)19-8-6-17(7-9-19)27-23(31)16-4-3-5-18(12-16)29-38(34,35)20-10-11-21(25)22(26)13-20/h3-13,29-30H,1-2H3,(H,27,31). The van der Waals surface area contributed by atoms with Gasteiger partial charge in [-0.05, 0) is 74.5 Å². The molecule has 0 aliphatic carbocycles. The maximum Gasteiger partial charge on any atom is 0.264 e. The zero-order valence-electron chi connectivity index (χ0n) is 19.8. The van der Waals surface area contributed by atoms with Crippen LogP contribution in [-0.4, -0.2) is 27.9 Å². The van der Waals surface area contributed by atoms with E-state index in [2.05, 4.69) is 19.9 Å². The lowest BCUT2D eigenvalue weighted by Crippen LogP contribution is -2.16. The molecule has 3 N–H and O–H groups in total. The Kier molecular flexibility index (Phi) is 7.20. The number of aryl methyl sites for hydroxylation is 1. The third-order valence-corrected chi connectivity index (χ3v) is 8.11. The molecule has 1 amide bonds. The molecule has 0 bridgehead atoms. The second-order valence-electron chi connectivity index (χ2n) is 8.07. The zero-order valence-corrected chi connectivity index (χ0v) is 21.5. The largest absolute Gasteiger partial charge is 0.337 e. The fourth-order valence-electron chi connectivity index (χ4n) is 3.19. The summed E-state index contributed by atoms with van der Waals surface area (Å²) in [5, 5.41) is 6.28. The highest BCUT2D eigenvalue weighted by Crippen LogP contribution is 2.23. The fraction of sp³-hybridized carbons (Fsp3) is 0.0833. The Morgan fingerprint density at radius 1 is 0.789 bits per heavy atom. The van der Waals surface area contributed by atoms with E-state index in [0.29, 0.717) is 23.4 Å². The van der Waals surface area contributed by atoms with Crippen molar-refractivity contribution in [2.75, 3.05) is 14.8 Å². The van der Waals surface area contributed by atoms with E-state index in [1.54, 1.807) is 13.8 Å². The molecule has 4 rings (SSSR count). The van der Waals surface area contributed by atoms with Gasteiger partial charge in [0.15, 0.2) is 11.6 Å². The molecule has 0 unspecified atom stereocenters. The average molecular weight is 563 g/mol. The van der Waals surface area contributed by atoms with Crippen LogP contribution in [0, 0.1) is 25.5 Å². The molecule has 3 aromatic carbocycles. The number of hydrogen-bond acceptors (Lipinski definition) is 7. The predicted octanol–water partition coefficient (Wildman–Crippen LogP) is 4.42. The van der Waals surface area contributed by atoms with Crippen molar-refractivity contribution in [3.63, 3.8) is 0 Å². The molecule has 0 saturated carbocycles. The number of halogens is 2. The van der Waals surface area contributed by atoms with E-state index in [9.17, 15) is 30.4 Å². The van der Waals surface area contributed by atoms with Crippen LogP contribution >= 0.6 is 0 Å². The highest BCUT2D eigenvalue weighted by atomic mass is 32.2. The summed E-state index contributed by atoms with van der Waals surface area (Å²) in [4.78, 5) is 12.1. The van der Waals surface area contributed by atoms with E-state index in [1.165, 1.54) is 48.5 Å². The summed E-state index contributed by atoms with van der Waals surface area (Å²) in [5.74, 6) is -3.12. The highest BCUT2D eigenvalue weighted by Gasteiger charge is 2.20. The van der Waals surface area contributed by atoms with Gasteiger partial charge in [-0.3, -0.25) is 9.52 Å². The number of hydrogen-bond donors (Lipinski definition) is 3. The van der Waals surface area contributed by atoms with Crippen molar-refractivity contribution in [1.29, 1.82) is 0 Å². The van der Waals surface area contributed by atoms with E-state index in [-0.39, 0.29) is 27.7 Å². The van der Waals surface area contributed by atoms with E-state index >= 15 is 0 Å². The first-order chi connectivity index (χ1) is 17.9.